The minimum absolute atomic E-state index is 0.122. The van der Waals surface area contributed by atoms with Gasteiger partial charge in [0.15, 0.2) is 0 Å². The molecule has 2 heterocycles. The summed E-state index contributed by atoms with van der Waals surface area (Å²) in [4.78, 5) is 23.9. The molecule has 1 aliphatic carbocycles. The summed E-state index contributed by atoms with van der Waals surface area (Å²) < 4.78 is 20.3. The Kier molecular flexibility index (Phi) is 5.01. The van der Waals surface area contributed by atoms with Crippen LogP contribution in [-0.4, -0.2) is 25.6 Å². The largest absolute Gasteiger partial charge is 0.412 e. The second kappa shape index (κ2) is 7.75. The number of hydrogen-bond acceptors (Lipinski definition) is 5. The lowest BCUT2D eigenvalue weighted by Gasteiger charge is -2.14. The van der Waals surface area contributed by atoms with E-state index in [4.69, 9.17) is 10.5 Å². The minimum Gasteiger partial charge on any atom is -0.374 e. The van der Waals surface area contributed by atoms with Gasteiger partial charge in [0, 0.05) is 18.3 Å². The van der Waals surface area contributed by atoms with Crippen molar-refractivity contribution in [1.29, 1.82) is 0 Å². The van der Waals surface area contributed by atoms with Crippen molar-refractivity contribution in [2.24, 2.45) is 11.7 Å². The van der Waals surface area contributed by atoms with Gasteiger partial charge in [-0.15, -0.1) is 0 Å². The maximum absolute atomic E-state index is 13.4. The number of rotatable bonds is 5. The Morgan fingerprint density at radius 2 is 1.93 bits per heavy atom. The van der Waals surface area contributed by atoms with Gasteiger partial charge in [0.25, 0.3) is 0 Å². The van der Waals surface area contributed by atoms with Crippen LogP contribution >= 0.6 is 0 Å². The fourth-order valence-corrected chi connectivity index (χ4v) is 3.69. The van der Waals surface area contributed by atoms with Crippen molar-refractivity contribution in [2.75, 3.05) is 0 Å². The molecule has 1 fully saturated rings. The molecule has 2 aromatic heterocycles. The number of nitrogens with zero attached hydrogens (tertiary/aromatic N) is 4. The van der Waals surface area contributed by atoms with Gasteiger partial charge in [-0.3, -0.25) is 0 Å². The maximum Gasteiger partial charge on any atom is 0.412 e. The highest BCUT2D eigenvalue weighted by Gasteiger charge is 2.22. The molecular weight excluding hydrogens is 361 g/mol. The summed E-state index contributed by atoms with van der Waals surface area (Å²) in [5.41, 5.74) is 7.86. The number of aromatic nitrogens is 4. The van der Waals surface area contributed by atoms with E-state index < -0.39 is 6.09 Å². The van der Waals surface area contributed by atoms with E-state index in [9.17, 15) is 9.18 Å². The molecule has 0 aliphatic heterocycles. The number of halogens is 1. The van der Waals surface area contributed by atoms with Gasteiger partial charge >= 0.3 is 12.1 Å². The summed E-state index contributed by atoms with van der Waals surface area (Å²) in [5, 5.41) is 0. The van der Waals surface area contributed by atoms with Crippen molar-refractivity contribution in [3.63, 3.8) is 0 Å². The Morgan fingerprint density at radius 1 is 1.18 bits per heavy atom. The van der Waals surface area contributed by atoms with Gasteiger partial charge in [0.05, 0.1) is 23.4 Å². The molecule has 0 saturated heterocycles. The number of ether oxygens (including phenoxy) is 1. The van der Waals surface area contributed by atoms with Gasteiger partial charge in [-0.2, -0.15) is 4.98 Å². The van der Waals surface area contributed by atoms with Gasteiger partial charge in [-0.05, 0) is 49.1 Å². The van der Waals surface area contributed by atoms with Crippen LogP contribution < -0.4 is 10.5 Å². The third kappa shape index (κ3) is 3.85. The highest BCUT2D eigenvalue weighted by atomic mass is 19.1. The number of carbonyl (C=O) groups excluding carboxylic acids is 1. The molecule has 0 unspecified atom stereocenters. The molecule has 2 N–H and O–H groups in total. The molecule has 7 nitrogen and oxygen atoms in total. The van der Waals surface area contributed by atoms with Crippen LogP contribution in [0.3, 0.4) is 0 Å². The van der Waals surface area contributed by atoms with E-state index in [0.29, 0.717) is 17.3 Å². The molecule has 1 aromatic carbocycles. The van der Waals surface area contributed by atoms with E-state index in [1.165, 1.54) is 44.0 Å². The monoisotopic (exact) mass is 381 g/mol. The van der Waals surface area contributed by atoms with E-state index in [1.807, 2.05) is 0 Å². The Labute approximate surface area is 161 Å². The van der Waals surface area contributed by atoms with Crippen LogP contribution in [0.1, 0.15) is 25.7 Å². The molecule has 1 saturated carbocycles. The zero-order chi connectivity index (χ0) is 19.5. The molecule has 28 heavy (non-hydrogen) atoms. The molecule has 3 aromatic rings. The van der Waals surface area contributed by atoms with Crippen molar-refractivity contribution in [2.45, 2.75) is 32.2 Å². The molecule has 0 bridgehead atoms. The second-order valence-electron chi connectivity index (χ2n) is 6.90. The Balaban J connectivity index is 1.78. The van der Waals surface area contributed by atoms with Crippen LogP contribution in [0.4, 0.5) is 9.18 Å². The first-order chi connectivity index (χ1) is 13.6. The minimum atomic E-state index is -0.977. The standard InChI is InChI=1S/C20H20FN5O2/c21-15-7-5-14(6-8-15)17-18(16-9-10-23-20(25-16)28-19(22)27)26(12-24-17)11-13-3-1-2-4-13/h5-10,12-13H,1-4,11H2,(H2,22,27). The number of carbonyl (C=O) groups is 1. The number of nitrogens with two attached hydrogens (primary N) is 1. The number of primary amides is 1. The zero-order valence-corrected chi connectivity index (χ0v) is 15.2. The number of hydrogen-bond donors (Lipinski definition) is 1. The second-order valence-corrected chi connectivity index (χ2v) is 6.90. The van der Waals surface area contributed by atoms with Gasteiger partial charge in [-0.1, -0.05) is 12.8 Å². The first kappa shape index (κ1) is 18.1. The van der Waals surface area contributed by atoms with Crippen LogP contribution in [0.2, 0.25) is 0 Å². The lowest BCUT2D eigenvalue weighted by Crippen LogP contribution is -2.18. The number of benzene rings is 1. The fraction of sp³-hybridized carbons (Fsp3) is 0.300. The topological polar surface area (TPSA) is 95.9 Å². The quantitative estimate of drug-likeness (QED) is 0.725. The highest BCUT2D eigenvalue weighted by molar-refractivity contribution is 5.77. The number of amides is 1. The van der Waals surface area contributed by atoms with Crippen LogP contribution in [0, 0.1) is 11.7 Å². The lowest BCUT2D eigenvalue weighted by atomic mass is 10.1. The first-order valence-electron chi connectivity index (χ1n) is 9.22. The van der Waals surface area contributed by atoms with E-state index in [-0.39, 0.29) is 11.8 Å². The summed E-state index contributed by atoms with van der Waals surface area (Å²) in [6, 6.07) is 7.77. The van der Waals surface area contributed by atoms with Gasteiger partial charge < -0.3 is 15.0 Å². The van der Waals surface area contributed by atoms with Gasteiger partial charge in [0.2, 0.25) is 0 Å². The average Bonchev–Trinajstić information content (AvgIpc) is 3.32. The Morgan fingerprint density at radius 3 is 2.64 bits per heavy atom. The third-order valence-corrected chi connectivity index (χ3v) is 4.95. The normalized spacial score (nSPS) is 14.3. The van der Waals surface area contributed by atoms with E-state index in [0.717, 1.165) is 17.8 Å². The Bertz CT molecular complexity index is 981. The van der Waals surface area contributed by atoms with E-state index in [2.05, 4.69) is 19.5 Å². The molecule has 144 valence electrons. The molecule has 1 amide bonds. The van der Waals surface area contributed by atoms with Crippen molar-refractivity contribution in [3.8, 4) is 28.7 Å². The molecule has 0 spiro atoms. The molecule has 4 rings (SSSR count). The van der Waals surface area contributed by atoms with Crippen molar-refractivity contribution in [3.05, 3.63) is 48.7 Å². The lowest BCUT2D eigenvalue weighted by molar-refractivity contribution is 0.207. The van der Waals surface area contributed by atoms with Crippen molar-refractivity contribution < 1.29 is 13.9 Å². The average molecular weight is 381 g/mol. The van der Waals surface area contributed by atoms with Gasteiger partial charge in [-0.25, -0.2) is 19.2 Å². The summed E-state index contributed by atoms with van der Waals surface area (Å²) in [6.07, 6.45) is 7.15. The summed E-state index contributed by atoms with van der Waals surface area (Å²) in [7, 11) is 0. The molecule has 0 atom stereocenters. The van der Waals surface area contributed by atoms with Crippen LogP contribution in [-0.2, 0) is 6.54 Å². The molecular formula is C20H20FN5O2. The predicted octanol–water partition coefficient (Wildman–Crippen LogP) is 3.79. The SMILES string of the molecule is NC(=O)Oc1nccc(-c2c(-c3ccc(F)cc3)ncn2CC2CCCC2)n1. The van der Waals surface area contributed by atoms with Crippen molar-refractivity contribution >= 4 is 6.09 Å². The molecule has 0 radical (unpaired) electrons. The van der Waals surface area contributed by atoms with Crippen LogP contribution in [0.25, 0.3) is 22.6 Å². The first-order valence-corrected chi connectivity index (χ1v) is 9.22. The fourth-order valence-electron chi connectivity index (χ4n) is 3.69. The van der Waals surface area contributed by atoms with E-state index >= 15 is 0 Å². The zero-order valence-electron chi connectivity index (χ0n) is 15.2. The van der Waals surface area contributed by atoms with Crippen LogP contribution in [0.5, 0.6) is 6.01 Å². The van der Waals surface area contributed by atoms with Crippen molar-refractivity contribution in [1.82, 2.24) is 19.5 Å². The van der Waals surface area contributed by atoms with E-state index in [1.54, 1.807) is 24.5 Å². The summed E-state index contributed by atoms with van der Waals surface area (Å²) in [6.45, 7) is 0.819. The highest BCUT2D eigenvalue weighted by Crippen LogP contribution is 2.33. The third-order valence-electron chi connectivity index (χ3n) is 4.95. The van der Waals surface area contributed by atoms with Crippen LogP contribution in [0.15, 0.2) is 42.9 Å². The summed E-state index contributed by atoms with van der Waals surface area (Å²) >= 11 is 0. The smallest absolute Gasteiger partial charge is 0.374 e. The number of imidazole rings is 1. The predicted molar refractivity (Wildman–Crippen MR) is 101 cm³/mol. The van der Waals surface area contributed by atoms with Gasteiger partial charge in [0.1, 0.15) is 5.82 Å². The Hall–Kier alpha value is -3.29. The molecule has 8 heteroatoms. The maximum atomic E-state index is 13.4. The molecule has 1 aliphatic rings. The summed E-state index contributed by atoms with van der Waals surface area (Å²) in [5.74, 6) is 0.270.